The molecular weight excluding hydrogens is 260 g/mol. The fraction of sp³-hybridized carbons (Fsp3) is 0.500. The van der Waals surface area contributed by atoms with Crippen molar-refractivity contribution in [3.05, 3.63) is 24.3 Å². The van der Waals surface area contributed by atoms with Crippen molar-refractivity contribution in [3.63, 3.8) is 0 Å². The normalized spacial score (nSPS) is 11.7. The zero-order valence-corrected chi connectivity index (χ0v) is 11.9. The highest BCUT2D eigenvalue weighted by Crippen LogP contribution is 2.16. The lowest BCUT2D eigenvalue weighted by atomic mass is 10.3. The van der Waals surface area contributed by atoms with E-state index in [2.05, 4.69) is 10.6 Å². The van der Waals surface area contributed by atoms with Gasteiger partial charge in [0.25, 0.3) is 0 Å². The Balaban J connectivity index is 2.19. The van der Waals surface area contributed by atoms with Gasteiger partial charge in [0.2, 0.25) is 0 Å². The molecule has 0 aromatic heterocycles. The van der Waals surface area contributed by atoms with Crippen molar-refractivity contribution in [3.8, 4) is 11.5 Å². The van der Waals surface area contributed by atoms with Crippen LogP contribution in [0.25, 0.3) is 0 Å². The minimum atomic E-state index is -0.466. The monoisotopic (exact) mass is 282 g/mol. The molecule has 112 valence electrons. The molecule has 1 aromatic rings. The summed E-state index contributed by atoms with van der Waals surface area (Å²) >= 11 is 0. The summed E-state index contributed by atoms with van der Waals surface area (Å²) in [5, 5.41) is 14.5. The van der Waals surface area contributed by atoms with Crippen LogP contribution in [0.5, 0.6) is 11.5 Å². The predicted octanol–water partition coefficient (Wildman–Crippen LogP) is 1.84. The van der Waals surface area contributed by atoms with Crippen LogP contribution in [-0.4, -0.2) is 37.1 Å². The van der Waals surface area contributed by atoms with Crippen LogP contribution in [0, 0.1) is 0 Å². The third-order valence-electron chi connectivity index (χ3n) is 2.44. The molecule has 0 radical (unpaired) electrons. The van der Waals surface area contributed by atoms with Gasteiger partial charge in [0.1, 0.15) is 11.5 Å². The summed E-state index contributed by atoms with van der Waals surface area (Å²) in [6.45, 7) is 5.53. The van der Waals surface area contributed by atoms with Crippen molar-refractivity contribution in [1.29, 1.82) is 0 Å². The van der Waals surface area contributed by atoms with Gasteiger partial charge in [-0.05, 0) is 44.5 Å². The van der Waals surface area contributed by atoms with E-state index >= 15 is 0 Å². The number of hydrogen-bond donors (Lipinski definition) is 3. The second-order valence-corrected chi connectivity index (χ2v) is 4.20. The number of hydrogen-bond acceptors (Lipinski definition) is 4. The molecule has 6 nitrogen and oxygen atoms in total. The largest absolute Gasteiger partial charge is 0.508 e. The fourth-order valence-electron chi connectivity index (χ4n) is 1.51. The van der Waals surface area contributed by atoms with Gasteiger partial charge in [0, 0.05) is 19.8 Å². The Labute approximate surface area is 119 Å². The van der Waals surface area contributed by atoms with E-state index in [0.29, 0.717) is 25.5 Å². The number of carbonyl (C=O) groups excluding carboxylic acids is 1. The van der Waals surface area contributed by atoms with Crippen molar-refractivity contribution >= 4 is 6.03 Å². The fourth-order valence-corrected chi connectivity index (χ4v) is 1.51. The van der Waals surface area contributed by atoms with Crippen LogP contribution in [0.4, 0.5) is 4.79 Å². The summed E-state index contributed by atoms with van der Waals surface area (Å²) in [4.78, 5) is 11.5. The van der Waals surface area contributed by atoms with E-state index in [-0.39, 0.29) is 11.8 Å². The molecule has 1 rings (SSSR count). The zero-order chi connectivity index (χ0) is 14.8. The Morgan fingerprint density at radius 1 is 1.35 bits per heavy atom. The van der Waals surface area contributed by atoms with Crippen LogP contribution in [0.2, 0.25) is 0 Å². The van der Waals surface area contributed by atoms with Crippen molar-refractivity contribution in [1.82, 2.24) is 10.6 Å². The summed E-state index contributed by atoms with van der Waals surface area (Å²) in [5.41, 5.74) is 0. The first-order valence-corrected chi connectivity index (χ1v) is 6.69. The summed E-state index contributed by atoms with van der Waals surface area (Å²) in [5.74, 6) is 0.747. The van der Waals surface area contributed by atoms with Crippen molar-refractivity contribution in [2.75, 3.05) is 19.8 Å². The van der Waals surface area contributed by atoms with Crippen LogP contribution in [0.3, 0.4) is 0 Å². The van der Waals surface area contributed by atoms with Crippen molar-refractivity contribution < 1.29 is 19.4 Å². The van der Waals surface area contributed by atoms with E-state index in [1.807, 2.05) is 6.92 Å². The Morgan fingerprint density at radius 2 is 2.05 bits per heavy atom. The lowest BCUT2D eigenvalue weighted by Crippen LogP contribution is -2.43. The van der Waals surface area contributed by atoms with Gasteiger partial charge >= 0.3 is 6.03 Å². The van der Waals surface area contributed by atoms with Gasteiger partial charge in [0.15, 0.2) is 6.23 Å². The topological polar surface area (TPSA) is 79.8 Å². The quantitative estimate of drug-likeness (QED) is 0.502. The van der Waals surface area contributed by atoms with Crippen molar-refractivity contribution in [2.24, 2.45) is 0 Å². The van der Waals surface area contributed by atoms with Crippen LogP contribution < -0.4 is 15.4 Å². The molecule has 0 aliphatic heterocycles. The van der Waals surface area contributed by atoms with Crippen LogP contribution >= 0.6 is 0 Å². The van der Waals surface area contributed by atoms with Gasteiger partial charge in [0.05, 0.1) is 0 Å². The maximum atomic E-state index is 11.5. The van der Waals surface area contributed by atoms with Crippen LogP contribution in [0.1, 0.15) is 20.3 Å². The van der Waals surface area contributed by atoms with Gasteiger partial charge in [-0.25, -0.2) is 4.79 Å². The van der Waals surface area contributed by atoms with E-state index in [4.69, 9.17) is 14.6 Å². The maximum Gasteiger partial charge on any atom is 0.317 e. The molecule has 0 saturated heterocycles. The lowest BCUT2D eigenvalue weighted by molar-refractivity contribution is 0.144. The standard InChI is InChI=1S/C14H22N2O4/c1-3-19-10-4-9-15-14(18)16-11(2)20-13-7-5-12(17)6-8-13/h5-8,11,17H,3-4,9-10H2,1-2H3,(H2,15,16,18). The third kappa shape index (κ3) is 6.84. The van der Waals surface area contributed by atoms with Crippen molar-refractivity contribution in [2.45, 2.75) is 26.5 Å². The number of carbonyl (C=O) groups is 1. The molecular formula is C14H22N2O4. The molecule has 1 aromatic carbocycles. The minimum absolute atomic E-state index is 0.171. The van der Waals surface area contributed by atoms with E-state index in [9.17, 15) is 4.79 Å². The summed E-state index contributed by atoms with van der Waals surface area (Å²) in [7, 11) is 0. The van der Waals surface area contributed by atoms with Gasteiger partial charge < -0.3 is 25.2 Å². The molecule has 0 spiro atoms. The molecule has 3 N–H and O–H groups in total. The van der Waals surface area contributed by atoms with Crippen LogP contribution in [-0.2, 0) is 4.74 Å². The Bertz CT molecular complexity index is 395. The number of urea groups is 1. The highest BCUT2D eigenvalue weighted by Gasteiger charge is 2.07. The summed E-state index contributed by atoms with van der Waals surface area (Å²) in [6, 6.07) is 6.03. The molecule has 1 atom stereocenters. The highest BCUT2D eigenvalue weighted by molar-refractivity contribution is 5.73. The zero-order valence-electron chi connectivity index (χ0n) is 11.9. The molecule has 0 aliphatic rings. The first kappa shape index (κ1) is 16.1. The maximum absolute atomic E-state index is 11.5. The van der Waals surface area contributed by atoms with E-state index in [0.717, 1.165) is 6.42 Å². The Hall–Kier alpha value is -1.95. The number of nitrogens with one attached hydrogen (secondary N) is 2. The predicted molar refractivity (Wildman–Crippen MR) is 75.8 cm³/mol. The number of rotatable bonds is 8. The lowest BCUT2D eigenvalue weighted by Gasteiger charge is -2.16. The smallest absolute Gasteiger partial charge is 0.317 e. The number of phenolic OH excluding ortho intramolecular Hbond substituents is 1. The van der Waals surface area contributed by atoms with Gasteiger partial charge in [-0.2, -0.15) is 0 Å². The molecule has 0 aliphatic carbocycles. The number of ether oxygens (including phenoxy) is 2. The van der Waals surface area contributed by atoms with Gasteiger partial charge in [-0.1, -0.05) is 0 Å². The summed E-state index contributed by atoms with van der Waals surface area (Å²) in [6.07, 6.45) is 0.306. The summed E-state index contributed by atoms with van der Waals surface area (Å²) < 4.78 is 10.6. The number of phenols is 1. The van der Waals surface area contributed by atoms with Crippen LogP contribution in [0.15, 0.2) is 24.3 Å². The molecule has 2 amide bonds. The molecule has 0 bridgehead atoms. The average Bonchev–Trinajstić information content (AvgIpc) is 2.41. The van der Waals surface area contributed by atoms with Gasteiger partial charge in [-0.15, -0.1) is 0 Å². The molecule has 6 heteroatoms. The molecule has 0 fully saturated rings. The van der Waals surface area contributed by atoms with E-state index in [1.165, 1.54) is 12.1 Å². The molecule has 0 saturated carbocycles. The third-order valence-corrected chi connectivity index (χ3v) is 2.44. The second-order valence-electron chi connectivity index (χ2n) is 4.20. The Morgan fingerprint density at radius 3 is 2.70 bits per heavy atom. The first-order valence-electron chi connectivity index (χ1n) is 6.69. The second kappa shape index (κ2) is 9.03. The van der Waals surface area contributed by atoms with E-state index < -0.39 is 6.23 Å². The first-order chi connectivity index (χ1) is 9.61. The molecule has 0 heterocycles. The number of benzene rings is 1. The average molecular weight is 282 g/mol. The minimum Gasteiger partial charge on any atom is -0.508 e. The number of amides is 2. The SMILES string of the molecule is CCOCCCNC(=O)NC(C)Oc1ccc(O)cc1. The molecule has 1 unspecified atom stereocenters. The highest BCUT2D eigenvalue weighted by atomic mass is 16.5. The number of aromatic hydroxyl groups is 1. The van der Waals surface area contributed by atoms with E-state index in [1.54, 1.807) is 19.1 Å². The molecule has 20 heavy (non-hydrogen) atoms. The van der Waals surface area contributed by atoms with Gasteiger partial charge in [-0.3, -0.25) is 0 Å². The Kier molecular flexibility index (Phi) is 7.27.